The Balaban J connectivity index is 1.66. The molecule has 2 aromatic carbocycles. The molecule has 3 rings (SSSR count). The number of halogens is 1. The van der Waals surface area contributed by atoms with Gasteiger partial charge in [0, 0.05) is 10.7 Å². The van der Waals surface area contributed by atoms with Crippen LogP contribution in [0.4, 0.5) is 10.5 Å². The quantitative estimate of drug-likeness (QED) is 0.435. The lowest BCUT2D eigenvalue weighted by atomic mass is 10.3. The third kappa shape index (κ3) is 4.07. The normalized spacial score (nSPS) is 11.5. The fourth-order valence-electron chi connectivity index (χ4n) is 2.25. The molecule has 0 radical (unpaired) electrons. The number of rotatable bonds is 4. The minimum atomic E-state index is -0.758. The maximum Gasteiger partial charge on any atom is 0.437 e. The number of nitrogens with one attached hydrogen (secondary N) is 1. The van der Waals surface area contributed by atoms with E-state index < -0.39 is 11.8 Å². The van der Waals surface area contributed by atoms with Crippen LogP contribution in [0, 0.1) is 0 Å². The molecular weight excluding hydrogens is 346 g/mol. The monoisotopic (exact) mass is 359 g/mol. The van der Waals surface area contributed by atoms with Gasteiger partial charge < -0.3 is 4.42 Å². The number of anilines is 1. The molecule has 1 heterocycles. The fourth-order valence-corrected chi connectivity index (χ4v) is 2.44. The van der Waals surface area contributed by atoms with Crippen LogP contribution in [0.5, 0.6) is 0 Å². The maximum atomic E-state index is 11.9. The van der Waals surface area contributed by atoms with Crippen molar-refractivity contribution in [3.8, 4) is 0 Å². The molecule has 0 saturated carbocycles. The second-order valence-electron chi connectivity index (χ2n) is 5.26. The van der Waals surface area contributed by atoms with E-state index in [4.69, 9.17) is 20.9 Å². The molecular formula is C17H14ClN3O4. The Labute approximate surface area is 147 Å². The van der Waals surface area contributed by atoms with E-state index in [0.717, 1.165) is 0 Å². The average molecular weight is 360 g/mol. The Hall–Kier alpha value is -3.06. The number of hydrogen-bond acceptors (Lipinski definition) is 5. The lowest BCUT2D eigenvalue weighted by molar-refractivity contribution is 0.166. The highest BCUT2D eigenvalue weighted by atomic mass is 35.5. The molecule has 25 heavy (non-hydrogen) atoms. The fraction of sp³-hybridized carbons (Fsp3) is 0.118. The summed E-state index contributed by atoms with van der Waals surface area (Å²) in [6, 6.07) is 13.7. The summed E-state index contributed by atoms with van der Waals surface area (Å²) in [5, 5.41) is 6.72. The van der Waals surface area contributed by atoms with Gasteiger partial charge in [0.1, 0.15) is 0 Å². The summed E-state index contributed by atoms with van der Waals surface area (Å²) in [7, 11) is 0. The van der Waals surface area contributed by atoms with Crippen LogP contribution in [0.25, 0.3) is 11.1 Å². The predicted octanol–water partition coefficient (Wildman–Crippen LogP) is 3.87. The Morgan fingerprint density at radius 1 is 1.28 bits per heavy atom. The van der Waals surface area contributed by atoms with Crippen LogP contribution in [0.2, 0.25) is 5.02 Å². The van der Waals surface area contributed by atoms with Crippen molar-refractivity contribution in [1.82, 2.24) is 4.57 Å². The third-order valence-corrected chi connectivity index (χ3v) is 3.55. The van der Waals surface area contributed by atoms with Crippen molar-refractivity contribution in [2.75, 3.05) is 5.32 Å². The molecule has 0 atom stereocenters. The molecule has 0 saturated heterocycles. The Kier molecular flexibility index (Phi) is 4.85. The van der Waals surface area contributed by atoms with Crippen molar-refractivity contribution < 1.29 is 14.0 Å². The molecule has 7 nitrogen and oxygen atoms in total. The van der Waals surface area contributed by atoms with E-state index in [2.05, 4.69) is 10.5 Å². The standard InChI is InChI=1S/C17H14ClN3O4/c1-11(10-21-14-7-2-3-8-15(14)24-17(21)23)20-25-16(22)19-13-6-4-5-12(18)9-13/h2-9H,10H2,1H3,(H,19,22)/b20-11-. The van der Waals surface area contributed by atoms with Gasteiger partial charge in [0.2, 0.25) is 0 Å². The summed E-state index contributed by atoms with van der Waals surface area (Å²) >= 11 is 5.84. The largest absolute Gasteiger partial charge is 0.437 e. The molecule has 8 heteroatoms. The average Bonchev–Trinajstić information content (AvgIpc) is 2.89. The molecule has 0 aliphatic heterocycles. The minimum Gasteiger partial charge on any atom is -0.408 e. The smallest absolute Gasteiger partial charge is 0.408 e. The van der Waals surface area contributed by atoms with Crippen LogP contribution in [0.15, 0.2) is 62.9 Å². The number of hydrogen-bond donors (Lipinski definition) is 1. The maximum absolute atomic E-state index is 11.9. The zero-order chi connectivity index (χ0) is 17.8. The van der Waals surface area contributed by atoms with Crippen molar-refractivity contribution in [3.05, 3.63) is 64.1 Å². The number of carbonyl (C=O) groups is 1. The van der Waals surface area contributed by atoms with Gasteiger partial charge in [0.05, 0.1) is 17.8 Å². The highest BCUT2D eigenvalue weighted by molar-refractivity contribution is 6.30. The van der Waals surface area contributed by atoms with Crippen LogP contribution in [0.1, 0.15) is 6.92 Å². The molecule has 0 bridgehead atoms. The van der Waals surface area contributed by atoms with Crippen LogP contribution < -0.4 is 11.1 Å². The number of oxazole rings is 1. The zero-order valence-corrected chi connectivity index (χ0v) is 14.0. The molecule has 0 aliphatic carbocycles. The van der Waals surface area contributed by atoms with Crippen LogP contribution in [-0.4, -0.2) is 16.4 Å². The van der Waals surface area contributed by atoms with Crippen LogP contribution in [-0.2, 0) is 11.4 Å². The van der Waals surface area contributed by atoms with E-state index >= 15 is 0 Å². The van der Waals surface area contributed by atoms with Gasteiger partial charge in [0.15, 0.2) is 5.58 Å². The van der Waals surface area contributed by atoms with E-state index in [1.807, 2.05) is 0 Å². The van der Waals surface area contributed by atoms with Crippen molar-refractivity contribution >= 4 is 40.2 Å². The van der Waals surface area contributed by atoms with Gasteiger partial charge in [-0.3, -0.25) is 14.7 Å². The number of oxime groups is 1. The number of benzene rings is 2. The van der Waals surface area contributed by atoms with Crippen molar-refractivity contribution in [1.29, 1.82) is 0 Å². The van der Waals surface area contributed by atoms with E-state index in [0.29, 0.717) is 27.5 Å². The van der Waals surface area contributed by atoms with Crippen molar-refractivity contribution in [2.45, 2.75) is 13.5 Å². The first-order valence-electron chi connectivity index (χ1n) is 7.38. The van der Waals surface area contributed by atoms with E-state index in [-0.39, 0.29) is 6.54 Å². The molecule has 0 fully saturated rings. The zero-order valence-electron chi connectivity index (χ0n) is 13.2. The topological polar surface area (TPSA) is 85.8 Å². The second kappa shape index (κ2) is 7.23. The predicted molar refractivity (Wildman–Crippen MR) is 95.1 cm³/mol. The lowest BCUT2D eigenvalue weighted by Gasteiger charge is -2.04. The van der Waals surface area contributed by atoms with Crippen LogP contribution >= 0.6 is 11.6 Å². The van der Waals surface area contributed by atoms with E-state index in [1.54, 1.807) is 55.5 Å². The molecule has 1 aromatic heterocycles. The first-order valence-corrected chi connectivity index (χ1v) is 7.76. The number of amides is 1. The summed E-state index contributed by atoms with van der Waals surface area (Å²) in [4.78, 5) is 28.4. The number of aromatic nitrogens is 1. The number of para-hydroxylation sites is 2. The van der Waals surface area contributed by atoms with Gasteiger partial charge in [0.25, 0.3) is 0 Å². The molecule has 1 N–H and O–H groups in total. The Bertz CT molecular complexity index is 1010. The minimum absolute atomic E-state index is 0.139. The molecule has 0 unspecified atom stereocenters. The van der Waals surface area contributed by atoms with Gasteiger partial charge in [-0.05, 0) is 37.3 Å². The molecule has 0 spiro atoms. The number of fused-ring (bicyclic) bond motifs is 1. The summed E-state index contributed by atoms with van der Waals surface area (Å²) in [5.74, 6) is -0.501. The highest BCUT2D eigenvalue weighted by Crippen LogP contribution is 2.15. The first-order chi connectivity index (χ1) is 12.0. The van der Waals surface area contributed by atoms with E-state index in [1.165, 1.54) is 4.57 Å². The first kappa shape index (κ1) is 16.8. The Morgan fingerprint density at radius 2 is 2.08 bits per heavy atom. The highest BCUT2D eigenvalue weighted by Gasteiger charge is 2.10. The van der Waals surface area contributed by atoms with Crippen molar-refractivity contribution in [3.63, 3.8) is 0 Å². The lowest BCUT2D eigenvalue weighted by Crippen LogP contribution is -2.19. The van der Waals surface area contributed by atoms with Gasteiger partial charge >= 0.3 is 11.8 Å². The molecule has 128 valence electrons. The van der Waals surface area contributed by atoms with Gasteiger partial charge in [-0.1, -0.05) is 35.0 Å². The van der Waals surface area contributed by atoms with Crippen LogP contribution in [0.3, 0.4) is 0 Å². The summed E-state index contributed by atoms with van der Waals surface area (Å²) in [6.45, 7) is 1.78. The van der Waals surface area contributed by atoms with Gasteiger partial charge in [-0.15, -0.1) is 0 Å². The Morgan fingerprint density at radius 3 is 2.88 bits per heavy atom. The summed E-state index contributed by atoms with van der Waals surface area (Å²) < 4.78 is 6.54. The molecule has 3 aromatic rings. The van der Waals surface area contributed by atoms with E-state index in [9.17, 15) is 9.59 Å². The van der Waals surface area contributed by atoms with Gasteiger partial charge in [-0.2, -0.15) is 0 Å². The summed E-state index contributed by atoms with van der Waals surface area (Å²) in [5.41, 5.74) is 2.04. The van der Waals surface area contributed by atoms with Crippen molar-refractivity contribution in [2.24, 2.45) is 5.16 Å². The third-order valence-electron chi connectivity index (χ3n) is 3.32. The molecule has 1 amide bonds. The van der Waals surface area contributed by atoms with Gasteiger partial charge in [-0.25, -0.2) is 9.59 Å². The number of nitrogens with zero attached hydrogens (tertiary/aromatic N) is 2. The summed E-state index contributed by atoms with van der Waals surface area (Å²) in [6.07, 6.45) is -0.758. The second-order valence-corrected chi connectivity index (χ2v) is 5.70. The molecule has 0 aliphatic rings. The SMILES string of the molecule is C/C(Cn1c(=O)oc2ccccc21)=N/OC(=O)Nc1cccc(Cl)c1. The number of carbonyl (C=O) groups excluding carboxylic acids is 1.